The van der Waals surface area contributed by atoms with Crippen LogP contribution in [0.1, 0.15) is 5.56 Å². The number of nitrogens with one attached hydrogen (secondary N) is 1. The van der Waals surface area contributed by atoms with Crippen molar-refractivity contribution in [3.05, 3.63) is 48.0 Å². The van der Waals surface area contributed by atoms with Gasteiger partial charge in [-0.25, -0.2) is 23.1 Å². The van der Waals surface area contributed by atoms with Crippen LogP contribution in [0.3, 0.4) is 0 Å². The average molecular weight is 408 g/mol. The van der Waals surface area contributed by atoms with Gasteiger partial charge in [0, 0.05) is 11.5 Å². The van der Waals surface area contributed by atoms with Crippen molar-refractivity contribution in [1.29, 1.82) is 0 Å². The number of rotatable bonds is 7. The van der Waals surface area contributed by atoms with Crippen LogP contribution in [0, 0.1) is 12.7 Å². The van der Waals surface area contributed by atoms with Gasteiger partial charge in [-0.3, -0.25) is 0 Å². The number of hydrogen-bond acceptors (Lipinski definition) is 6. The summed E-state index contributed by atoms with van der Waals surface area (Å²) in [5.74, 6) is -0.265. The number of halogens is 3. The van der Waals surface area contributed by atoms with E-state index in [4.69, 9.17) is 4.74 Å². The van der Waals surface area contributed by atoms with Crippen molar-refractivity contribution in [3.63, 3.8) is 0 Å². The fraction of sp³-hybridized carbons (Fsp3) is 0.222. The van der Waals surface area contributed by atoms with Gasteiger partial charge >= 0.3 is 0 Å². The van der Waals surface area contributed by atoms with Crippen LogP contribution in [0.5, 0.6) is 5.75 Å². The van der Waals surface area contributed by atoms with Crippen molar-refractivity contribution < 1.29 is 22.1 Å². The first-order valence-corrected chi connectivity index (χ1v) is 8.86. The molecule has 28 heavy (non-hydrogen) atoms. The van der Waals surface area contributed by atoms with Crippen LogP contribution in [0.4, 0.5) is 30.4 Å². The molecule has 2 aromatic carbocycles. The lowest BCUT2D eigenvalue weighted by Gasteiger charge is -2.18. The summed E-state index contributed by atoms with van der Waals surface area (Å²) < 4.78 is 58.9. The Hall–Kier alpha value is -3.01. The van der Waals surface area contributed by atoms with Crippen molar-refractivity contribution in [2.45, 2.75) is 13.0 Å². The van der Waals surface area contributed by atoms with Gasteiger partial charge in [-0.1, -0.05) is 0 Å². The van der Waals surface area contributed by atoms with Crippen molar-refractivity contribution >= 4 is 39.6 Å². The molecular weight excluding hydrogens is 393 g/mol. The monoisotopic (exact) mass is 408 g/mol. The SMILES string of the molecule is Cc1cc(N=S=O)cc2ncnc(Nc3ccc(F)cc3OC(CF)CF)c12. The van der Waals surface area contributed by atoms with Crippen LogP contribution >= 0.6 is 0 Å². The zero-order valence-electron chi connectivity index (χ0n) is 14.7. The van der Waals surface area contributed by atoms with E-state index in [1.54, 1.807) is 19.1 Å². The smallest absolute Gasteiger partial charge is 0.205 e. The summed E-state index contributed by atoms with van der Waals surface area (Å²) in [4.78, 5) is 8.39. The van der Waals surface area contributed by atoms with E-state index < -0.39 is 25.3 Å². The first-order valence-electron chi connectivity index (χ1n) is 8.16. The highest BCUT2D eigenvalue weighted by atomic mass is 32.1. The van der Waals surface area contributed by atoms with Gasteiger partial charge in [0.1, 0.15) is 37.1 Å². The van der Waals surface area contributed by atoms with Crippen molar-refractivity contribution in [3.8, 4) is 5.75 Å². The Morgan fingerprint density at radius 3 is 2.71 bits per heavy atom. The Bertz CT molecular complexity index is 1060. The predicted molar refractivity (Wildman–Crippen MR) is 101 cm³/mol. The Kier molecular flexibility index (Phi) is 6.19. The number of fused-ring (bicyclic) bond motifs is 1. The first kappa shape index (κ1) is 19.7. The highest BCUT2D eigenvalue weighted by molar-refractivity contribution is 7.54. The van der Waals surface area contributed by atoms with E-state index >= 15 is 0 Å². The third kappa shape index (κ3) is 4.28. The Balaban J connectivity index is 2.04. The second-order valence-electron chi connectivity index (χ2n) is 5.86. The van der Waals surface area contributed by atoms with E-state index in [-0.39, 0.29) is 22.9 Å². The maximum absolute atomic E-state index is 13.6. The van der Waals surface area contributed by atoms with E-state index in [0.29, 0.717) is 22.4 Å². The third-order valence-electron chi connectivity index (χ3n) is 3.90. The summed E-state index contributed by atoms with van der Waals surface area (Å²) >= 11 is 0.0947. The molecule has 6 nitrogen and oxygen atoms in total. The van der Waals surface area contributed by atoms with Crippen molar-refractivity contribution in [1.82, 2.24) is 9.97 Å². The van der Waals surface area contributed by atoms with Gasteiger partial charge < -0.3 is 10.1 Å². The van der Waals surface area contributed by atoms with E-state index in [2.05, 4.69) is 19.6 Å². The lowest BCUT2D eigenvalue weighted by molar-refractivity contribution is 0.134. The van der Waals surface area contributed by atoms with E-state index in [1.807, 2.05) is 0 Å². The number of aromatic nitrogens is 2. The van der Waals surface area contributed by atoms with Gasteiger partial charge in [0.15, 0.2) is 6.10 Å². The molecule has 0 fully saturated rings. The van der Waals surface area contributed by atoms with Crippen LogP contribution < -0.4 is 10.1 Å². The fourth-order valence-corrected chi connectivity index (χ4v) is 2.86. The zero-order valence-corrected chi connectivity index (χ0v) is 15.5. The number of alkyl halides is 2. The highest BCUT2D eigenvalue weighted by Crippen LogP contribution is 2.33. The number of ether oxygens (including phenoxy) is 1. The van der Waals surface area contributed by atoms with Crippen LogP contribution in [0.2, 0.25) is 0 Å². The number of benzene rings is 2. The van der Waals surface area contributed by atoms with Crippen molar-refractivity contribution in [2.24, 2.45) is 4.36 Å². The molecule has 0 amide bonds. The number of aryl methyl sites for hydroxylation is 1. The van der Waals surface area contributed by atoms with E-state index in [9.17, 15) is 17.4 Å². The second-order valence-corrected chi connectivity index (χ2v) is 6.19. The Morgan fingerprint density at radius 2 is 2.00 bits per heavy atom. The molecule has 0 aliphatic heterocycles. The maximum atomic E-state index is 13.6. The Morgan fingerprint density at radius 1 is 1.21 bits per heavy atom. The van der Waals surface area contributed by atoms with E-state index in [1.165, 1.54) is 18.5 Å². The summed E-state index contributed by atoms with van der Waals surface area (Å²) in [5.41, 5.74) is 2.05. The minimum absolute atomic E-state index is 0.0425. The van der Waals surface area contributed by atoms with Crippen LogP contribution in [-0.4, -0.2) is 33.6 Å². The standard InChI is InChI=1S/C18H15F3N4O2S/c1-10-4-12(25-28-26)6-15-17(10)18(23-9-22-15)24-14-3-2-11(21)5-16(14)27-13(7-19)8-20/h2-6,9,13H,7-8H2,1H3,(H,22,23,24). The minimum atomic E-state index is -1.33. The molecule has 3 rings (SSSR count). The molecule has 3 aromatic rings. The van der Waals surface area contributed by atoms with Crippen molar-refractivity contribution in [2.75, 3.05) is 18.7 Å². The summed E-state index contributed by atoms with van der Waals surface area (Å²) in [7, 11) is 0. The largest absolute Gasteiger partial charge is 0.483 e. The normalized spacial score (nSPS) is 10.9. The lowest BCUT2D eigenvalue weighted by Crippen LogP contribution is -2.21. The second kappa shape index (κ2) is 8.79. The molecule has 0 aliphatic carbocycles. The average Bonchev–Trinajstić information content (AvgIpc) is 2.68. The molecule has 0 aliphatic rings. The molecule has 1 heterocycles. The van der Waals surface area contributed by atoms with Gasteiger partial charge in [0.2, 0.25) is 11.5 Å². The molecule has 0 saturated heterocycles. The summed E-state index contributed by atoms with van der Waals surface area (Å²) in [5, 5.41) is 3.66. The third-order valence-corrected chi connectivity index (χ3v) is 4.18. The molecule has 0 unspecified atom stereocenters. The number of hydrogen-bond donors (Lipinski definition) is 1. The molecule has 1 aromatic heterocycles. The molecule has 0 spiro atoms. The van der Waals surface area contributed by atoms with Crippen LogP contribution in [-0.2, 0) is 11.5 Å². The van der Waals surface area contributed by atoms with Crippen LogP contribution in [0.15, 0.2) is 41.0 Å². The predicted octanol–water partition coefficient (Wildman–Crippen LogP) is 4.54. The van der Waals surface area contributed by atoms with Gasteiger partial charge in [-0.15, -0.1) is 0 Å². The summed E-state index contributed by atoms with van der Waals surface area (Å²) in [6.45, 7) is -0.298. The molecule has 1 N–H and O–H groups in total. The van der Waals surface area contributed by atoms with Gasteiger partial charge in [-0.2, -0.15) is 8.57 Å². The minimum Gasteiger partial charge on any atom is -0.483 e. The molecule has 10 heteroatoms. The topological polar surface area (TPSA) is 76.5 Å². The highest BCUT2D eigenvalue weighted by Gasteiger charge is 2.16. The van der Waals surface area contributed by atoms with E-state index in [0.717, 1.165) is 11.6 Å². The summed E-state index contributed by atoms with van der Waals surface area (Å²) in [6.07, 6.45) is -0.0196. The fourth-order valence-electron chi connectivity index (χ4n) is 2.67. The quantitative estimate of drug-likeness (QED) is 0.621. The van der Waals surface area contributed by atoms with Gasteiger partial charge in [0.25, 0.3) is 0 Å². The van der Waals surface area contributed by atoms with Gasteiger partial charge in [0.05, 0.1) is 16.9 Å². The molecule has 0 saturated carbocycles. The number of nitrogens with zero attached hydrogens (tertiary/aromatic N) is 3. The number of anilines is 2. The molecule has 146 valence electrons. The summed E-state index contributed by atoms with van der Waals surface area (Å²) in [6, 6.07) is 6.95. The Labute approximate surface area is 162 Å². The van der Waals surface area contributed by atoms with Crippen LogP contribution in [0.25, 0.3) is 10.9 Å². The first-order chi connectivity index (χ1) is 13.5. The zero-order chi connectivity index (χ0) is 20.1. The molecule has 0 radical (unpaired) electrons. The lowest BCUT2D eigenvalue weighted by atomic mass is 10.1. The molecule has 0 atom stereocenters. The molecular formula is C18H15F3N4O2S. The van der Waals surface area contributed by atoms with Gasteiger partial charge in [-0.05, 0) is 36.8 Å². The molecule has 0 bridgehead atoms. The maximum Gasteiger partial charge on any atom is 0.205 e.